The van der Waals surface area contributed by atoms with Gasteiger partial charge in [-0.2, -0.15) is 0 Å². The Hall–Kier alpha value is -2.52. The van der Waals surface area contributed by atoms with Crippen LogP contribution in [0.25, 0.3) is 6.08 Å². The highest BCUT2D eigenvalue weighted by atomic mass is 79.9. The second-order valence-electron chi connectivity index (χ2n) is 5.24. The van der Waals surface area contributed by atoms with Crippen LogP contribution in [-0.2, 0) is 16.1 Å². The number of phenolic OH excluding ortho intramolecular Hbond substituents is 1. The van der Waals surface area contributed by atoms with Crippen LogP contribution in [0.5, 0.6) is 5.75 Å². The Kier molecular flexibility index (Phi) is 5.19. The van der Waals surface area contributed by atoms with Crippen LogP contribution in [0.15, 0.2) is 44.1 Å². The van der Waals surface area contributed by atoms with Crippen molar-refractivity contribution in [2.45, 2.75) is 6.54 Å². The summed E-state index contributed by atoms with van der Waals surface area (Å²) in [5.74, 6) is -0.724. The predicted molar refractivity (Wildman–Crippen MR) is 97.4 cm³/mol. The first-order valence-corrected chi connectivity index (χ1v) is 8.91. The maximum absolute atomic E-state index is 12.5. The molecule has 0 atom stereocenters. The number of thioether (sulfide) groups is 1. The molecule has 1 aliphatic heterocycles. The number of benzene rings is 1. The van der Waals surface area contributed by atoms with Crippen molar-refractivity contribution in [1.29, 1.82) is 0 Å². The molecule has 1 saturated heterocycles. The first-order chi connectivity index (χ1) is 12.4. The van der Waals surface area contributed by atoms with Crippen molar-refractivity contribution in [3.05, 3.63) is 56.8 Å². The molecule has 0 aliphatic carbocycles. The van der Waals surface area contributed by atoms with E-state index in [2.05, 4.69) is 20.7 Å². The molecule has 7 nitrogen and oxygen atoms in total. The smallest absolute Gasteiger partial charge is 0.373 e. The molecule has 134 valence electrons. The Morgan fingerprint density at radius 3 is 2.81 bits per heavy atom. The average Bonchev–Trinajstić information content (AvgIpc) is 3.18. The molecule has 9 heteroatoms. The van der Waals surface area contributed by atoms with Gasteiger partial charge in [0.2, 0.25) is 5.76 Å². The minimum atomic E-state index is -0.636. The molecule has 1 aromatic heterocycles. The molecule has 26 heavy (non-hydrogen) atoms. The molecule has 0 spiro atoms. The van der Waals surface area contributed by atoms with E-state index in [0.29, 0.717) is 15.8 Å². The predicted octanol–water partition coefficient (Wildman–Crippen LogP) is 3.77. The molecular formula is C17H12BrNO6S. The topological polar surface area (TPSA) is 97.0 Å². The van der Waals surface area contributed by atoms with E-state index in [1.165, 1.54) is 25.3 Å². The van der Waals surface area contributed by atoms with E-state index in [9.17, 15) is 19.5 Å². The fourth-order valence-electron chi connectivity index (χ4n) is 2.23. The minimum Gasteiger partial charge on any atom is -0.507 e. The van der Waals surface area contributed by atoms with Gasteiger partial charge in [-0.15, -0.1) is 0 Å². The zero-order valence-electron chi connectivity index (χ0n) is 13.4. The van der Waals surface area contributed by atoms with E-state index in [4.69, 9.17) is 4.42 Å². The summed E-state index contributed by atoms with van der Waals surface area (Å²) in [5.41, 5.74) is 0.658. The van der Waals surface area contributed by atoms with Gasteiger partial charge in [0.1, 0.15) is 11.5 Å². The Labute approximate surface area is 160 Å². The van der Waals surface area contributed by atoms with Crippen molar-refractivity contribution in [1.82, 2.24) is 4.90 Å². The SMILES string of the molecule is COC(=O)c1ccc(CN2C(=O)SC(=Cc3ccc(O)c(Br)c3)C2=O)o1. The van der Waals surface area contributed by atoms with Crippen molar-refractivity contribution in [2.24, 2.45) is 0 Å². The van der Waals surface area contributed by atoms with Gasteiger partial charge in [0.05, 0.1) is 23.0 Å². The Morgan fingerprint density at radius 2 is 2.12 bits per heavy atom. The van der Waals surface area contributed by atoms with Gasteiger partial charge in [0.15, 0.2) is 0 Å². The lowest BCUT2D eigenvalue weighted by atomic mass is 10.2. The lowest BCUT2D eigenvalue weighted by molar-refractivity contribution is -0.123. The fraction of sp³-hybridized carbons (Fsp3) is 0.118. The third-order valence-electron chi connectivity index (χ3n) is 3.51. The van der Waals surface area contributed by atoms with Gasteiger partial charge in [-0.3, -0.25) is 14.5 Å². The van der Waals surface area contributed by atoms with Gasteiger partial charge in [-0.1, -0.05) is 6.07 Å². The summed E-state index contributed by atoms with van der Waals surface area (Å²) < 4.78 is 10.3. The van der Waals surface area contributed by atoms with E-state index in [1.54, 1.807) is 18.2 Å². The zero-order chi connectivity index (χ0) is 18.8. The molecule has 1 aliphatic rings. The standard InChI is InChI=1S/C17H12BrNO6S/c1-24-16(22)13-5-3-10(25-13)8-19-15(21)14(26-17(19)23)7-9-2-4-12(20)11(18)6-9/h2-7,20H,8H2,1H3. The van der Waals surface area contributed by atoms with Crippen LogP contribution in [0.3, 0.4) is 0 Å². The molecule has 2 heterocycles. The van der Waals surface area contributed by atoms with E-state index in [1.807, 2.05) is 0 Å². The number of amides is 2. The van der Waals surface area contributed by atoms with E-state index in [-0.39, 0.29) is 23.0 Å². The quantitative estimate of drug-likeness (QED) is 0.573. The van der Waals surface area contributed by atoms with Crippen molar-refractivity contribution in [3.8, 4) is 5.75 Å². The second kappa shape index (κ2) is 7.38. The van der Waals surface area contributed by atoms with Crippen molar-refractivity contribution in [3.63, 3.8) is 0 Å². The van der Waals surface area contributed by atoms with E-state index in [0.717, 1.165) is 16.7 Å². The van der Waals surface area contributed by atoms with Crippen molar-refractivity contribution in [2.75, 3.05) is 7.11 Å². The van der Waals surface area contributed by atoms with Crippen LogP contribution in [0.2, 0.25) is 0 Å². The van der Waals surface area contributed by atoms with Crippen LogP contribution in [0.4, 0.5) is 4.79 Å². The maximum atomic E-state index is 12.5. The molecule has 0 bridgehead atoms. The number of halogens is 1. The number of esters is 1. The average molecular weight is 438 g/mol. The van der Waals surface area contributed by atoms with Gasteiger partial charge >= 0.3 is 5.97 Å². The van der Waals surface area contributed by atoms with E-state index < -0.39 is 17.1 Å². The molecule has 2 amide bonds. The highest BCUT2D eigenvalue weighted by Gasteiger charge is 2.35. The number of furan rings is 1. The first-order valence-electron chi connectivity index (χ1n) is 7.30. The van der Waals surface area contributed by atoms with Gasteiger partial charge < -0.3 is 14.3 Å². The number of aromatic hydroxyl groups is 1. The first kappa shape index (κ1) is 18.3. The van der Waals surface area contributed by atoms with Crippen LogP contribution < -0.4 is 0 Å². The van der Waals surface area contributed by atoms with E-state index >= 15 is 0 Å². The summed E-state index contributed by atoms with van der Waals surface area (Å²) in [6, 6.07) is 7.68. The number of methoxy groups -OCH3 is 1. The molecule has 0 saturated carbocycles. The third kappa shape index (κ3) is 3.68. The van der Waals surface area contributed by atoms with Crippen LogP contribution in [0, 0.1) is 0 Å². The maximum Gasteiger partial charge on any atom is 0.373 e. The number of imide groups is 1. The molecule has 1 fully saturated rings. The molecule has 2 aromatic rings. The van der Waals surface area contributed by atoms with Crippen LogP contribution in [-0.4, -0.2) is 34.2 Å². The summed E-state index contributed by atoms with van der Waals surface area (Å²) in [5, 5.41) is 9.08. The Balaban J connectivity index is 1.78. The van der Waals surface area contributed by atoms with Gasteiger partial charge in [0.25, 0.3) is 11.1 Å². The fourth-order valence-corrected chi connectivity index (χ4v) is 3.46. The molecule has 1 N–H and O–H groups in total. The molecule has 1 aromatic carbocycles. The lowest BCUT2D eigenvalue weighted by Gasteiger charge is -2.09. The second-order valence-corrected chi connectivity index (χ2v) is 7.08. The van der Waals surface area contributed by atoms with Gasteiger partial charge in [0, 0.05) is 0 Å². The Bertz CT molecular complexity index is 935. The highest BCUT2D eigenvalue weighted by molar-refractivity contribution is 9.10. The number of hydrogen-bond acceptors (Lipinski definition) is 7. The highest BCUT2D eigenvalue weighted by Crippen LogP contribution is 2.34. The number of ether oxygens (including phenoxy) is 1. The van der Waals surface area contributed by atoms with Crippen LogP contribution in [0.1, 0.15) is 21.9 Å². The zero-order valence-corrected chi connectivity index (χ0v) is 15.8. The van der Waals surface area contributed by atoms with Crippen molar-refractivity contribution >= 4 is 50.9 Å². The summed E-state index contributed by atoms with van der Waals surface area (Å²) in [7, 11) is 1.23. The molecule has 0 unspecified atom stereocenters. The molecule has 3 rings (SSSR count). The molecule has 0 radical (unpaired) electrons. The number of carbonyl (C=O) groups excluding carboxylic acids is 3. The Morgan fingerprint density at radius 1 is 1.35 bits per heavy atom. The summed E-state index contributed by atoms with van der Waals surface area (Å²) in [6.07, 6.45) is 1.57. The summed E-state index contributed by atoms with van der Waals surface area (Å²) in [6.45, 7) is -0.0850. The number of carbonyl (C=O) groups is 3. The number of hydrogen-bond donors (Lipinski definition) is 1. The minimum absolute atomic E-state index is 0.000966. The molecular weight excluding hydrogens is 426 g/mol. The van der Waals surface area contributed by atoms with Gasteiger partial charge in [-0.25, -0.2) is 4.79 Å². The summed E-state index contributed by atoms with van der Waals surface area (Å²) >= 11 is 4.01. The van der Waals surface area contributed by atoms with Gasteiger partial charge in [-0.05, 0) is 63.6 Å². The van der Waals surface area contributed by atoms with Crippen LogP contribution >= 0.6 is 27.7 Å². The van der Waals surface area contributed by atoms with Crippen molar-refractivity contribution < 1.29 is 28.6 Å². The monoisotopic (exact) mass is 437 g/mol. The normalized spacial score (nSPS) is 15.8. The lowest BCUT2D eigenvalue weighted by Crippen LogP contribution is -2.27. The number of nitrogens with zero attached hydrogens (tertiary/aromatic N) is 1. The number of phenols is 1. The largest absolute Gasteiger partial charge is 0.507 e. The third-order valence-corrected chi connectivity index (χ3v) is 5.05. The summed E-state index contributed by atoms with van der Waals surface area (Å²) in [4.78, 5) is 37.3. The number of rotatable bonds is 4.